The first kappa shape index (κ1) is 15.2. The summed E-state index contributed by atoms with van der Waals surface area (Å²) < 4.78 is 5.53. The fourth-order valence-corrected chi connectivity index (χ4v) is 2.79. The average Bonchev–Trinajstić information content (AvgIpc) is 2.49. The average molecular weight is 287 g/mol. The van der Waals surface area contributed by atoms with Gasteiger partial charge in [-0.2, -0.15) is 0 Å². The minimum atomic E-state index is 0.542. The van der Waals surface area contributed by atoms with Crippen molar-refractivity contribution in [3.05, 3.63) is 71.8 Å². The molecule has 1 unspecified atom stereocenters. The monoisotopic (exact) mass is 287 g/mol. The molecule has 0 radical (unpaired) electrons. The molecule has 2 rings (SSSR count). The molecule has 0 amide bonds. The molecular weight excluding hydrogens is 265 g/mol. The van der Waals surface area contributed by atoms with E-state index in [-0.39, 0.29) is 0 Å². The van der Waals surface area contributed by atoms with Gasteiger partial charge < -0.3 is 4.52 Å². The number of nitrogens with zero attached hydrogens (tertiary/aromatic N) is 1. The Morgan fingerprint density at radius 3 is 1.80 bits per heavy atom. The van der Waals surface area contributed by atoms with Crippen LogP contribution in [0.4, 0.5) is 0 Å². The molecule has 2 nitrogen and oxygen atoms in total. The van der Waals surface area contributed by atoms with Crippen molar-refractivity contribution in [3.63, 3.8) is 0 Å². The fraction of sp³-hybridized carbons (Fsp3) is 0.294. The van der Waals surface area contributed by atoms with Gasteiger partial charge in [-0.3, -0.25) is 4.90 Å². The molecule has 0 bridgehead atoms. The summed E-state index contributed by atoms with van der Waals surface area (Å²) in [7, 11) is 0.542. The molecular formula is C17H22NOP. The Labute approximate surface area is 123 Å². The van der Waals surface area contributed by atoms with E-state index >= 15 is 0 Å². The second kappa shape index (κ2) is 8.86. The number of hydrogen-bond acceptors (Lipinski definition) is 2. The predicted molar refractivity (Wildman–Crippen MR) is 86.9 cm³/mol. The molecule has 0 N–H and O–H groups in total. The Kier molecular flexibility index (Phi) is 6.73. The van der Waals surface area contributed by atoms with Crippen LogP contribution in [0.15, 0.2) is 60.7 Å². The highest BCUT2D eigenvalue weighted by Gasteiger charge is 2.07. The zero-order valence-electron chi connectivity index (χ0n) is 12.0. The highest BCUT2D eigenvalue weighted by Crippen LogP contribution is 2.18. The lowest BCUT2D eigenvalue weighted by Gasteiger charge is -2.22. The first-order valence-corrected chi connectivity index (χ1v) is 8.15. The van der Waals surface area contributed by atoms with Crippen LogP contribution >= 0.6 is 8.81 Å². The first-order valence-electron chi connectivity index (χ1n) is 7.03. The highest BCUT2D eigenvalue weighted by molar-refractivity contribution is 7.32. The van der Waals surface area contributed by atoms with E-state index in [0.717, 1.165) is 26.0 Å². The molecule has 20 heavy (non-hydrogen) atoms. The summed E-state index contributed by atoms with van der Waals surface area (Å²) in [5, 5.41) is 0. The standard InChI is InChI=1S/C17H22NOP/c1-2-19-20-15-18(13-16-9-5-3-6-10-16)14-17-11-7-4-8-12-17/h3-12,20H,2,13-15H2,1H3. The Hall–Kier alpha value is -1.21. The molecule has 0 aliphatic carbocycles. The van der Waals surface area contributed by atoms with Crippen LogP contribution in [0, 0.1) is 0 Å². The predicted octanol–water partition coefficient (Wildman–Crippen LogP) is 4.28. The molecule has 0 heterocycles. The van der Waals surface area contributed by atoms with Crippen LogP contribution in [0.1, 0.15) is 18.1 Å². The minimum absolute atomic E-state index is 0.542. The summed E-state index contributed by atoms with van der Waals surface area (Å²) in [6.07, 6.45) is 0.984. The van der Waals surface area contributed by atoms with Gasteiger partial charge in [0.1, 0.15) is 0 Å². The van der Waals surface area contributed by atoms with E-state index < -0.39 is 0 Å². The van der Waals surface area contributed by atoms with Gasteiger partial charge in [0, 0.05) is 34.8 Å². The van der Waals surface area contributed by atoms with Gasteiger partial charge in [-0.05, 0) is 18.1 Å². The summed E-state index contributed by atoms with van der Waals surface area (Å²) in [4.78, 5) is 2.44. The van der Waals surface area contributed by atoms with Gasteiger partial charge in [-0.25, -0.2) is 0 Å². The van der Waals surface area contributed by atoms with Crippen LogP contribution in [-0.2, 0) is 17.6 Å². The molecule has 0 aliphatic heterocycles. The summed E-state index contributed by atoms with van der Waals surface area (Å²) >= 11 is 0. The normalized spacial score (nSPS) is 11.5. The van der Waals surface area contributed by atoms with Crippen molar-refractivity contribution in [2.75, 3.05) is 12.9 Å². The van der Waals surface area contributed by atoms with Crippen molar-refractivity contribution in [2.45, 2.75) is 20.0 Å². The van der Waals surface area contributed by atoms with Gasteiger partial charge in [0.25, 0.3) is 0 Å². The van der Waals surface area contributed by atoms with Crippen LogP contribution in [0.3, 0.4) is 0 Å². The van der Waals surface area contributed by atoms with E-state index in [1.54, 1.807) is 0 Å². The first-order chi connectivity index (χ1) is 9.88. The van der Waals surface area contributed by atoms with E-state index in [0.29, 0.717) is 8.81 Å². The molecule has 2 aromatic carbocycles. The molecule has 2 aromatic rings. The van der Waals surface area contributed by atoms with Crippen LogP contribution in [-0.4, -0.2) is 17.8 Å². The third kappa shape index (κ3) is 5.42. The maximum absolute atomic E-state index is 5.53. The van der Waals surface area contributed by atoms with Gasteiger partial charge in [-0.1, -0.05) is 60.7 Å². The largest absolute Gasteiger partial charge is 0.361 e. The highest BCUT2D eigenvalue weighted by atomic mass is 31.1. The van der Waals surface area contributed by atoms with E-state index in [4.69, 9.17) is 4.52 Å². The topological polar surface area (TPSA) is 12.5 Å². The Bertz CT molecular complexity index is 433. The molecule has 0 spiro atoms. The van der Waals surface area contributed by atoms with Crippen LogP contribution < -0.4 is 0 Å². The Morgan fingerprint density at radius 1 is 0.850 bits per heavy atom. The molecule has 1 atom stereocenters. The second-order valence-electron chi connectivity index (χ2n) is 4.69. The Morgan fingerprint density at radius 2 is 1.35 bits per heavy atom. The van der Waals surface area contributed by atoms with E-state index in [9.17, 15) is 0 Å². The minimum Gasteiger partial charge on any atom is -0.361 e. The lowest BCUT2D eigenvalue weighted by Crippen LogP contribution is -2.21. The zero-order chi connectivity index (χ0) is 14.0. The van der Waals surface area contributed by atoms with Crippen LogP contribution in [0.25, 0.3) is 0 Å². The van der Waals surface area contributed by atoms with Crippen molar-refractivity contribution in [1.82, 2.24) is 4.90 Å². The Balaban J connectivity index is 1.96. The third-order valence-electron chi connectivity index (χ3n) is 3.03. The third-order valence-corrected chi connectivity index (χ3v) is 4.10. The lowest BCUT2D eigenvalue weighted by molar-refractivity contribution is 0.289. The molecule has 0 aromatic heterocycles. The molecule has 0 saturated carbocycles. The van der Waals surface area contributed by atoms with Gasteiger partial charge in [-0.15, -0.1) is 0 Å². The molecule has 3 heteroatoms. The summed E-state index contributed by atoms with van der Waals surface area (Å²) in [5.41, 5.74) is 2.70. The van der Waals surface area contributed by atoms with Crippen molar-refractivity contribution >= 4 is 8.81 Å². The number of hydrogen-bond donors (Lipinski definition) is 0. The second-order valence-corrected chi connectivity index (χ2v) is 5.59. The smallest absolute Gasteiger partial charge is 0.0477 e. The van der Waals surface area contributed by atoms with Gasteiger partial charge >= 0.3 is 0 Å². The molecule has 0 fully saturated rings. The number of benzene rings is 2. The molecule has 0 saturated heterocycles. The van der Waals surface area contributed by atoms with E-state index in [1.165, 1.54) is 11.1 Å². The van der Waals surface area contributed by atoms with Gasteiger partial charge in [0.15, 0.2) is 0 Å². The van der Waals surface area contributed by atoms with Gasteiger partial charge in [0.05, 0.1) is 0 Å². The number of rotatable bonds is 8. The quantitative estimate of drug-likeness (QED) is 0.531. The zero-order valence-corrected chi connectivity index (χ0v) is 13.0. The lowest BCUT2D eigenvalue weighted by atomic mass is 10.2. The summed E-state index contributed by atoms with van der Waals surface area (Å²) in [5.74, 6) is 0. The van der Waals surface area contributed by atoms with E-state index in [2.05, 4.69) is 65.6 Å². The maximum Gasteiger partial charge on any atom is 0.0477 e. The van der Waals surface area contributed by atoms with Crippen molar-refractivity contribution < 1.29 is 4.52 Å². The van der Waals surface area contributed by atoms with Crippen LogP contribution in [0.2, 0.25) is 0 Å². The fourth-order valence-electron chi connectivity index (χ4n) is 2.09. The molecule has 0 aliphatic rings. The molecule has 106 valence electrons. The summed E-state index contributed by atoms with van der Waals surface area (Å²) in [6, 6.07) is 21.2. The van der Waals surface area contributed by atoms with Crippen molar-refractivity contribution in [2.24, 2.45) is 0 Å². The SMILES string of the molecule is CCOPCN(Cc1ccccc1)Cc1ccccc1. The maximum atomic E-state index is 5.53. The van der Waals surface area contributed by atoms with Crippen LogP contribution in [0.5, 0.6) is 0 Å². The van der Waals surface area contributed by atoms with E-state index in [1.807, 2.05) is 6.92 Å². The van der Waals surface area contributed by atoms with Crippen molar-refractivity contribution in [3.8, 4) is 0 Å². The van der Waals surface area contributed by atoms with Gasteiger partial charge in [0.2, 0.25) is 0 Å². The van der Waals surface area contributed by atoms with Crippen molar-refractivity contribution in [1.29, 1.82) is 0 Å². The summed E-state index contributed by atoms with van der Waals surface area (Å²) in [6.45, 7) is 4.78.